The largest absolute Gasteiger partial charge is 2.00 e. The van der Waals surface area contributed by atoms with E-state index in [4.69, 9.17) is 0 Å². The first-order valence-electron chi connectivity index (χ1n) is 14.2. The summed E-state index contributed by atoms with van der Waals surface area (Å²) in [7, 11) is 0. The average Bonchev–Trinajstić information content (AvgIpc) is 3.04. The summed E-state index contributed by atoms with van der Waals surface area (Å²) in [4.78, 5) is 11.4. The van der Waals surface area contributed by atoms with Gasteiger partial charge in [0.1, 0.15) is 0 Å². The van der Waals surface area contributed by atoms with Crippen molar-refractivity contribution in [1.82, 2.24) is 4.98 Å². The number of anilines is 2. The molecule has 3 aromatic carbocycles. The van der Waals surface area contributed by atoms with E-state index in [1.165, 1.54) is 5.56 Å². The van der Waals surface area contributed by atoms with E-state index in [0.717, 1.165) is 57.0 Å². The second kappa shape index (κ2) is 16.9. The smallest absolute Gasteiger partial charge is 0.364 e. The van der Waals surface area contributed by atoms with Crippen molar-refractivity contribution in [3.05, 3.63) is 158 Å². The standard InChI is InChI=1S/C39H37N3.Pt/c1-6-14-31(8-3)34-23-25-41-39(28-34)35-17-13-18-38(27-35)42(36(9-4)26-30(5)29-40-24-7-2)37-21-19-33(20-22-37)32-15-11-10-12-16-32;/h6,8-25,28H,1,3,7,29H2,2,4-5H3;/q-2;+2/b31-14+,36-9+,40-24?;. The molecule has 0 amide bonds. The molecule has 4 rings (SSSR count). The molecule has 218 valence electrons. The normalized spacial score (nSPS) is 12.1. The number of benzene rings is 3. The van der Waals surface area contributed by atoms with Crippen LogP contribution in [0, 0.1) is 12.1 Å². The van der Waals surface area contributed by atoms with Gasteiger partial charge in [-0.2, -0.15) is 0 Å². The summed E-state index contributed by atoms with van der Waals surface area (Å²) in [5.41, 5.74) is 9.96. The van der Waals surface area contributed by atoms with Crippen LogP contribution in [0.4, 0.5) is 11.4 Å². The Labute approximate surface area is 271 Å². The van der Waals surface area contributed by atoms with Crippen LogP contribution in [-0.2, 0) is 21.1 Å². The van der Waals surface area contributed by atoms with Gasteiger partial charge < -0.3 is 9.88 Å². The third kappa shape index (κ3) is 8.83. The predicted octanol–water partition coefficient (Wildman–Crippen LogP) is 10.2. The Hall–Kier alpha value is -4.33. The van der Waals surface area contributed by atoms with Crippen molar-refractivity contribution in [2.75, 3.05) is 11.4 Å². The van der Waals surface area contributed by atoms with Gasteiger partial charge in [-0.05, 0) is 64.5 Å². The summed E-state index contributed by atoms with van der Waals surface area (Å²) in [5, 5.41) is 0. The zero-order valence-electron chi connectivity index (χ0n) is 25.0. The minimum atomic E-state index is 0. The second-order valence-electron chi connectivity index (χ2n) is 9.70. The van der Waals surface area contributed by atoms with E-state index < -0.39 is 0 Å². The fourth-order valence-electron chi connectivity index (χ4n) is 4.59. The van der Waals surface area contributed by atoms with Crippen molar-refractivity contribution in [1.29, 1.82) is 0 Å². The number of allylic oxidation sites excluding steroid dienone is 6. The molecule has 0 spiro atoms. The molecule has 0 radical (unpaired) electrons. The molecule has 0 aliphatic carbocycles. The van der Waals surface area contributed by atoms with Crippen LogP contribution in [0.15, 0.2) is 145 Å². The molecule has 0 saturated carbocycles. The van der Waals surface area contributed by atoms with Crippen molar-refractivity contribution in [2.24, 2.45) is 4.99 Å². The van der Waals surface area contributed by atoms with E-state index in [1.54, 1.807) is 6.08 Å². The van der Waals surface area contributed by atoms with Crippen molar-refractivity contribution >= 4 is 23.2 Å². The van der Waals surface area contributed by atoms with Gasteiger partial charge in [0.2, 0.25) is 0 Å². The number of nitrogens with zero attached hydrogens (tertiary/aromatic N) is 3. The molecule has 0 saturated heterocycles. The predicted molar refractivity (Wildman–Crippen MR) is 181 cm³/mol. The Kier molecular flexibility index (Phi) is 13.1. The van der Waals surface area contributed by atoms with E-state index in [0.29, 0.717) is 6.54 Å². The van der Waals surface area contributed by atoms with E-state index >= 15 is 0 Å². The molecular weight excluding hydrogens is 706 g/mol. The summed E-state index contributed by atoms with van der Waals surface area (Å²) in [6.07, 6.45) is 15.9. The SMILES string of the molecule is C=C/C=C(\C=C)c1ccnc(-c2[c-]c(N(/C([C-]=C(C)CN=CCC)=C/C)c3ccc(-c4ccccc4)cc3)ccc2)c1.[Pt+2]. The number of rotatable bonds is 12. The second-order valence-corrected chi connectivity index (χ2v) is 9.70. The van der Waals surface area contributed by atoms with Crippen LogP contribution < -0.4 is 4.90 Å². The van der Waals surface area contributed by atoms with Crippen LogP contribution in [-0.4, -0.2) is 17.7 Å². The molecule has 1 heterocycles. The van der Waals surface area contributed by atoms with E-state index in [1.807, 2.05) is 55.8 Å². The summed E-state index contributed by atoms with van der Waals surface area (Å²) in [6, 6.07) is 32.9. The minimum Gasteiger partial charge on any atom is -0.364 e. The van der Waals surface area contributed by atoms with Gasteiger partial charge in [0.25, 0.3) is 0 Å². The maximum absolute atomic E-state index is 4.67. The fraction of sp³-hybridized carbons (Fsp3) is 0.128. The molecule has 0 aliphatic rings. The van der Waals surface area contributed by atoms with Gasteiger partial charge in [0, 0.05) is 18.4 Å². The third-order valence-electron chi connectivity index (χ3n) is 6.64. The van der Waals surface area contributed by atoms with Gasteiger partial charge >= 0.3 is 21.1 Å². The van der Waals surface area contributed by atoms with Crippen LogP contribution in [0.5, 0.6) is 0 Å². The number of aromatic nitrogens is 1. The van der Waals surface area contributed by atoms with Gasteiger partial charge in [-0.3, -0.25) is 4.99 Å². The minimum absolute atomic E-state index is 0. The number of hydrogen-bond donors (Lipinski definition) is 0. The first kappa shape index (κ1) is 33.2. The maximum Gasteiger partial charge on any atom is 2.00 e. The van der Waals surface area contributed by atoms with Crippen LogP contribution >= 0.6 is 0 Å². The molecule has 0 unspecified atom stereocenters. The Morgan fingerprint density at radius 2 is 1.72 bits per heavy atom. The first-order valence-corrected chi connectivity index (χ1v) is 14.2. The number of pyridine rings is 1. The molecule has 3 nitrogen and oxygen atoms in total. The molecule has 0 N–H and O–H groups in total. The maximum atomic E-state index is 4.67. The number of aliphatic imine (C=N–C) groups is 1. The van der Waals surface area contributed by atoms with Crippen LogP contribution in [0.25, 0.3) is 28.0 Å². The Morgan fingerprint density at radius 3 is 2.40 bits per heavy atom. The van der Waals surface area contributed by atoms with Crippen LogP contribution in [0.1, 0.15) is 32.8 Å². The van der Waals surface area contributed by atoms with Crippen LogP contribution in [0.2, 0.25) is 0 Å². The van der Waals surface area contributed by atoms with E-state index in [2.05, 4.69) is 121 Å². The molecule has 43 heavy (non-hydrogen) atoms. The van der Waals surface area contributed by atoms with Gasteiger partial charge in [-0.25, -0.2) is 12.2 Å². The Balaban J connectivity index is 0.00000506. The van der Waals surface area contributed by atoms with Crippen molar-refractivity contribution in [2.45, 2.75) is 27.2 Å². The molecule has 0 bridgehead atoms. The summed E-state index contributed by atoms with van der Waals surface area (Å²) < 4.78 is 0. The summed E-state index contributed by atoms with van der Waals surface area (Å²) in [5.74, 6) is 0. The molecule has 1 aromatic heterocycles. The third-order valence-corrected chi connectivity index (χ3v) is 6.64. The van der Waals surface area contributed by atoms with Crippen molar-refractivity contribution in [3.63, 3.8) is 0 Å². The summed E-state index contributed by atoms with van der Waals surface area (Å²) >= 11 is 0. The van der Waals surface area contributed by atoms with Crippen LogP contribution in [0.3, 0.4) is 0 Å². The molecule has 0 aliphatic heterocycles. The van der Waals surface area contributed by atoms with E-state index in [9.17, 15) is 0 Å². The topological polar surface area (TPSA) is 28.5 Å². The zero-order valence-corrected chi connectivity index (χ0v) is 27.3. The average molecular weight is 743 g/mol. The monoisotopic (exact) mass is 742 g/mol. The van der Waals surface area contributed by atoms with Gasteiger partial charge in [-0.15, -0.1) is 48.0 Å². The molecule has 0 atom stereocenters. The fourth-order valence-corrected chi connectivity index (χ4v) is 4.59. The Morgan fingerprint density at radius 1 is 0.977 bits per heavy atom. The number of hydrogen-bond acceptors (Lipinski definition) is 3. The molecular formula is C39H37N3Pt. The summed E-state index contributed by atoms with van der Waals surface area (Å²) in [6.45, 7) is 14.6. The van der Waals surface area contributed by atoms with Crippen molar-refractivity contribution in [3.8, 4) is 22.4 Å². The Bertz CT molecular complexity index is 1630. The van der Waals surface area contributed by atoms with Crippen molar-refractivity contribution < 1.29 is 21.1 Å². The molecule has 0 fully saturated rings. The quantitative estimate of drug-likeness (QED) is 0.0822. The molecule has 4 aromatic rings. The van der Waals surface area contributed by atoms with Gasteiger partial charge in [-0.1, -0.05) is 93.8 Å². The first-order chi connectivity index (χ1) is 20.6. The molecule has 4 heteroatoms. The zero-order chi connectivity index (χ0) is 29.7. The van der Waals surface area contributed by atoms with Gasteiger partial charge in [0.05, 0.1) is 0 Å². The van der Waals surface area contributed by atoms with Gasteiger partial charge in [0.15, 0.2) is 0 Å². The van der Waals surface area contributed by atoms with E-state index in [-0.39, 0.29) is 21.1 Å².